The number of rotatable bonds is 3. The fourth-order valence-electron chi connectivity index (χ4n) is 0.519. The summed E-state index contributed by atoms with van der Waals surface area (Å²) in [5.41, 5.74) is 4.13. The third kappa shape index (κ3) is 2.83. The highest BCUT2D eigenvalue weighted by molar-refractivity contribution is 5.85. The highest BCUT2D eigenvalue weighted by Gasteiger charge is 2.74. The number of alkyl halides is 8. The molecular formula is C5H6ClF8N. The summed E-state index contributed by atoms with van der Waals surface area (Å²) in [5.74, 6) is -12.0. The minimum absolute atomic E-state index is 0. The van der Waals surface area contributed by atoms with E-state index in [-0.39, 0.29) is 12.4 Å². The Kier molecular flexibility index (Phi) is 5.34. The van der Waals surface area contributed by atoms with E-state index in [2.05, 4.69) is 5.73 Å². The lowest BCUT2D eigenvalue weighted by atomic mass is 10.0. The van der Waals surface area contributed by atoms with Gasteiger partial charge >= 0.3 is 18.0 Å². The molecule has 0 unspecified atom stereocenters. The zero-order valence-electron chi connectivity index (χ0n) is 6.79. The molecule has 0 saturated carbocycles. The lowest BCUT2D eigenvalue weighted by molar-refractivity contribution is -0.358. The van der Waals surface area contributed by atoms with Crippen LogP contribution in [0.4, 0.5) is 35.1 Å². The number of halogens is 9. The van der Waals surface area contributed by atoms with Crippen molar-refractivity contribution in [2.45, 2.75) is 24.1 Å². The molecule has 15 heavy (non-hydrogen) atoms. The fourth-order valence-corrected chi connectivity index (χ4v) is 0.519. The van der Waals surface area contributed by atoms with Crippen LogP contribution in [0.2, 0.25) is 0 Å². The predicted molar refractivity (Wildman–Crippen MR) is 37.1 cm³/mol. The van der Waals surface area contributed by atoms with Crippen LogP contribution in [-0.2, 0) is 0 Å². The van der Waals surface area contributed by atoms with E-state index >= 15 is 0 Å². The first kappa shape index (κ1) is 17.1. The molecule has 0 rings (SSSR count). The Morgan fingerprint density at radius 1 is 0.933 bits per heavy atom. The summed E-state index contributed by atoms with van der Waals surface area (Å²) in [4.78, 5) is 0. The van der Waals surface area contributed by atoms with Crippen LogP contribution in [0.5, 0.6) is 0 Å². The van der Waals surface area contributed by atoms with Gasteiger partial charge in [-0.15, -0.1) is 12.4 Å². The van der Waals surface area contributed by atoms with Gasteiger partial charge in [-0.25, -0.2) is 4.39 Å². The van der Waals surface area contributed by atoms with Gasteiger partial charge in [0.1, 0.15) is 12.7 Å². The first-order chi connectivity index (χ1) is 5.98. The van der Waals surface area contributed by atoms with E-state index in [9.17, 15) is 35.1 Å². The van der Waals surface area contributed by atoms with Crippen molar-refractivity contribution in [2.24, 2.45) is 5.73 Å². The van der Waals surface area contributed by atoms with Crippen LogP contribution in [0, 0.1) is 0 Å². The Morgan fingerprint density at radius 3 is 1.47 bits per heavy atom. The van der Waals surface area contributed by atoms with Crippen LogP contribution in [0.25, 0.3) is 0 Å². The normalized spacial score (nSPS) is 15.8. The molecule has 0 spiro atoms. The largest absolute Gasteiger partial charge is 0.459 e. The van der Waals surface area contributed by atoms with Crippen LogP contribution in [0.15, 0.2) is 0 Å². The van der Waals surface area contributed by atoms with Gasteiger partial charge in [0.25, 0.3) is 0 Å². The Morgan fingerprint density at radius 2 is 1.27 bits per heavy atom. The summed E-state index contributed by atoms with van der Waals surface area (Å²) in [6.45, 7) is -2.18. The SMILES string of the molecule is Cl.N[C@H](CF)C(F)(F)C(F)(F)C(F)(F)F. The van der Waals surface area contributed by atoms with Crippen molar-refractivity contribution in [3.05, 3.63) is 0 Å². The Hall–Kier alpha value is -0.310. The fraction of sp³-hybridized carbons (Fsp3) is 1.00. The summed E-state index contributed by atoms with van der Waals surface area (Å²) < 4.78 is 94.3. The first-order valence-electron chi connectivity index (χ1n) is 3.12. The van der Waals surface area contributed by atoms with E-state index < -0.39 is 30.7 Å². The van der Waals surface area contributed by atoms with Crippen molar-refractivity contribution in [1.29, 1.82) is 0 Å². The lowest BCUT2D eigenvalue weighted by Crippen LogP contribution is -2.61. The molecule has 0 aromatic carbocycles. The maximum atomic E-state index is 12.3. The Balaban J connectivity index is 0. The van der Waals surface area contributed by atoms with E-state index in [0.29, 0.717) is 0 Å². The molecule has 2 N–H and O–H groups in total. The van der Waals surface area contributed by atoms with Crippen molar-refractivity contribution in [3.8, 4) is 0 Å². The van der Waals surface area contributed by atoms with E-state index in [1.165, 1.54) is 0 Å². The average molecular weight is 268 g/mol. The molecule has 1 nitrogen and oxygen atoms in total. The average Bonchev–Trinajstić information content (AvgIpc) is 2.00. The van der Waals surface area contributed by atoms with E-state index in [4.69, 9.17) is 0 Å². The maximum absolute atomic E-state index is 12.3. The van der Waals surface area contributed by atoms with Crippen LogP contribution >= 0.6 is 12.4 Å². The van der Waals surface area contributed by atoms with Crippen LogP contribution < -0.4 is 5.73 Å². The van der Waals surface area contributed by atoms with Crippen molar-refractivity contribution in [2.75, 3.05) is 6.67 Å². The molecular weight excluding hydrogens is 261 g/mol. The van der Waals surface area contributed by atoms with E-state index in [0.717, 1.165) is 0 Å². The van der Waals surface area contributed by atoms with Crippen LogP contribution in [0.1, 0.15) is 0 Å². The van der Waals surface area contributed by atoms with Crippen molar-refractivity contribution in [3.63, 3.8) is 0 Å². The Bertz CT molecular complexity index is 202. The Labute approximate surface area is 85.0 Å². The van der Waals surface area contributed by atoms with Crippen LogP contribution in [-0.4, -0.2) is 30.7 Å². The molecule has 0 aromatic heterocycles. The second kappa shape index (κ2) is 4.69. The smallest absolute Gasteiger partial charge is 0.320 e. The van der Waals surface area contributed by atoms with Crippen molar-refractivity contribution < 1.29 is 35.1 Å². The van der Waals surface area contributed by atoms with Crippen molar-refractivity contribution >= 4 is 12.4 Å². The van der Waals surface area contributed by atoms with Gasteiger partial charge < -0.3 is 5.73 Å². The molecule has 1 atom stereocenters. The molecule has 0 aliphatic carbocycles. The van der Waals surface area contributed by atoms with Crippen LogP contribution in [0.3, 0.4) is 0 Å². The molecule has 0 aliphatic heterocycles. The zero-order valence-corrected chi connectivity index (χ0v) is 7.61. The number of nitrogens with two attached hydrogens (primary N) is 1. The maximum Gasteiger partial charge on any atom is 0.459 e. The summed E-state index contributed by atoms with van der Waals surface area (Å²) >= 11 is 0. The minimum atomic E-state index is -6.47. The summed E-state index contributed by atoms with van der Waals surface area (Å²) in [7, 11) is 0. The molecule has 10 heteroatoms. The lowest BCUT2D eigenvalue weighted by Gasteiger charge is -2.30. The van der Waals surface area contributed by atoms with Gasteiger partial charge in [0, 0.05) is 0 Å². The van der Waals surface area contributed by atoms with Gasteiger partial charge in [0.2, 0.25) is 0 Å². The van der Waals surface area contributed by atoms with Crippen molar-refractivity contribution in [1.82, 2.24) is 0 Å². The third-order valence-electron chi connectivity index (χ3n) is 1.41. The molecule has 0 aromatic rings. The van der Waals surface area contributed by atoms with E-state index in [1.807, 2.05) is 0 Å². The molecule has 0 heterocycles. The number of hydrogen-bond donors (Lipinski definition) is 1. The third-order valence-corrected chi connectivity index (χ3v) is 1.41. The van der Waals surface area contributed by atoms with Gasteiger partial charge in [0.05, 0.1) is 0 Å². The minimum Gasteiger partial charge on any atom is -0.320 e. The molecule has 0 aliphatic rings. The first-order valence-corrected chi connectivity index (χ1v) is 3.12. The van der Waals surface area contributed by atoms with E-state index in [1.54, 1.807) is 0 Å². The van der Waals surface area contributed by atoms with Gasteiger partial charge in [-0.05, 0) is 0 Å². The number of hydrogen-bond acceptors (Lipinski definition) is 1. The summed E-state index contributed by atoms with van der Waals surface area (Å²) in [6, 6.07) is -3.20. The highest BCUT2D eigenvalue weighted by Crippen LogP contribution is 2.47. The summed E-state index contributed by atoms with van der Waals surface area (Å²) in [6.07, 6.45) is -6.47. The summed E-state index contributed by atoms with van der Waals surface area (Å²) in [5, 5.41) is 0. The monoisotopic (exact) mass is 267 g/mol. The quantitative estimate of drug-likeness (QED) is 0.782. The molecule has 94 valence electrons. The highest BCUT2D eigenvalue weighted by atomic mass is 35.5. The molecule has 0 fully saturated rings. The van der Waals surface area contributed by atoms with Gasteiger partial charge in [0.15, 0.2) is 0 Å². The topological polar surface area (TPSA) is 26.0 Å². The van der Waals surface area contributed by atoms with Gasteiger partial charge in [-0.1, -0.05) is 0 Å². The molecule has 0 radical (unpaired) electrons. The molecule has 0 saturated heterocycles. The standard InChI is InChI=1S/C5H5F8N.ClH/c6-1-2(14)3(7,8)4(9,10)5(11,12)13;/h2H,1,14H2;1H/t2-;/m1./s1. The molecule has 0 amide bonds. The van der Waals surface area contributed by atoms with Gasteiger partial charge in [-0.2, -0.15) is 30.7 Å². The second-order valence-corrected chi connectivity index (χ2v) is 2.46. The zero-order chi connectivity index (χ0) is 11.8. The predicted octanol–water partition coefficient (Wildman–Crippen LogP) is 2.54. The molecule has 0 bridgehead atoms. The van der Waals surface area contributed by atoms with Gasteiger partial charge in [-0.3, -0.25) is 0 Å². The second-order valence-electron chi connectivity index (χ2n) is 2.46.